The number of hydrogen-bond acceptors (Lipinski definition) is 3. The van der Waals surface area contributed by atoms with Gasteiger partial charge in [-0.25, -0.2) is 0 Å². The van der Waals surface area contributed by atoms with Crippen molar-refractivity contribution in [1.82, 2.24) is 0 Å². The Morgan fingerprint density at radius 2 is 0.895 bits per heavy atom. The second-order valence-corrected chi connectivity index (χ2v) is 3.46. The van der Waals surface area contributed by atoms with Crippen LogP contribution in [0.3, 0.4) is 0 Å². The molecule has 2 N–H and O–H groups in total. The Labute approximate surface area is 112 Å². The lowest BCUT2D eigenvalue weighted by Crippen LogP contribution is -1.56. The van der Waals surface area contributed by atoms with Crippen LogP contribution >= 0.6 is 0 Å². The lowest BCUT2D eigenvalue weighted by molar-refractivity contribution is 0.475. The first-order valence-corrected chi connectivity index (χ1v) is 5.74. The van der Waals surface area contributed by atoms with Crippen LogP contribution in [0.2, 0.25) is 0 Å². The van der Waals surface area contributed by atoms with Gasteiger partial charge in [0.15, 0.2) is 0 Å². The number of hydrogen-bond donors (Lipinski definition) is 2. The molecule has 1 aromatic heterocycles. The van der Waals surface area contributed by atoms with E-state index in [-0.39, 0.29) is 0 Å². The molecule has 3 nitrogen and oxygen atoms in total. The smallest absolute Gasteiger partial charge is 0.115 e. The van der Waals surface area contributed by atoms with Crippen molar-refractivity contribution in [2.24, 2.45) is 0 Å². The molecule has 1 heterocycles. The first-order chi connectivity index (χ1) is 9.29. The zero-order chi connectivity index (χ0) is 13.8. The molecule has 0 amide bonds. The summed E-state index contributed by atoms with van der Waals surface area (Å²) in [5, 5.41) is 17.3. The molecule has 0 aliphatic heterocycles. The van der Waals surface area contributed by atoms with Gasteiger partial charge in [0.2, 0.25) is 0 Å². The number of furan rings is 1. The van der Waals surface area contributed by atoms with Gasteiger partial charge in [0.1, 0.15) is 11.5 Å². The van der Waals surface area contributed by atoms with Crippen LogP contribution in [0, 0.1) is 0 Å². The van der Waals surface area contributed by atoms with Crippen molar-refractivity contribution in [3.8, 4) is 11.5 Å². The summed E-state index contributed by atoms with van der Waals surface area (Å²) in [7, 11) is 0. The van der Waals surface area contributed by atoms with Gasteiger partial charge < -0.3 is 14.6 Å². The predicted molar refractivity (Wildman–Crippen MR) is 74.9 cm³/mol. The quantitative estimate of drug-likeness (QED) is 0.637. The Morgan fingerprint density at radius 3 is 1.05 bits per heavy atom. The molecule has 3 aromatic rings. The van der Waals surface area contributed by atoms with E-state index in [0.717, 1.165) is 0 Å². The molecule has 0 unspecified atom stereocenters. The van der Waals surface area contributed by atoms with E-state index in [1.807, 2.05) is 24.3 Å². The van der Waals surface area contributed by atoms with Gasteiger partial charge in [-0.3, -0.25) is 0 Å². The van der Waals surface area contributed by atoms with Crippen LogP contribution in [-0.2, 0) is 0 Å². The standard InChI is InChI=1S/2C6H6O.C4H4O/c2*7-6-4-2-1-3-5-6;1-2-4-5-3-1/h2*1-5,7H;1-4H. The molecule has 0 radical (unpaired) electrons. The molecule has 0 bridgehead atoms. The lowest BCUT2D eigenvalue weighted by Gasteiger charge is -1.82. The van der Waals surface area contributed by atoms with Crippen molar-refractivity contribution >= 4 is 0 Å². The largest absolute Gasteiger partial charge is 0.508 e. The van der Waals surface area contributed by atoms with E-state index in [1.54, 1.807) is 61.1 Å². The number of phenolic OH excluding ortho intramolecular Hbond substituents is 2. The molecule has 3 heteroatoms. The fourth-order valence-electron chi connectivity index (χ4n) is 1.08. The van der Waals surface area contributed by atoms with Crippen LogP contribution in [0.15, 0.2) is 89.7 Å². The normalized spacial score (nSPS) is 8.42. The van der Waals surface area contributed by atoms with Crippen molar-refractivity contribution in [2.45, 2.75) is 0 Å². The van der Waals surface area contributed by atoms with Gasteiger partial charge in [-0.05, 0) is 36.4 Å². The van der Waals surface area contributed by atoms with Gasteiger partial charge in [0, 0.05) is 0 Å². The van der Waals surface area contributed by atoms with Crippen molar-refractivity contribution in [1.29, 1.82) is 0 Å². The van der Waals surface area contributed by atoms with Crippen molar-refractivity contribution in [2.75, 3.05) is 0 Å². The summed E-state index contributed by atoms with van der Waals surface area (Å²) in [4.78, 5) is 0. The number of benzene rings is 2. The topological polar surface area (TPSA) is 53.6 Å². The molecule has 0 saturated heterocycles. The number of aromatic hydroxyl groups is 2. The highest BCUT2D eigenvalue weighted by Gasteiger charge is 1.75. The van der Waals surface area contributed by atoms with E-state index in [1.165, 1.54) is 0 Å². The number of phenols is 2. The van der Waals surface area contributed by atoms with Crippen LogP contribution in [0.1, 0.15) is 0 Å². The molecule has 19 heavy (non-hydrogen) atoms. The minimum absolute atomic E-state index is 0.322. The molecule has 0 aliphatic rings. The molecule has 98 valence electrons. The van der Waals surface area contributed by atoms with Gasteiger partial charge in [-0.1, -0.05) is 36.4 Å². The van der Waals surface area contributed by atoms with Gasteiger partial charge in [0.05, 0.1) is 12.5 Å². The Balaban J connectivity index is 0.000000145. The van der Waals surface area contributed by atoms with E-state index in [4.69, 9.17) is 10.2 Å². The van der Waals surface area contributed by atoms with Crippen molar-refractivity contribution in [3.63, 3.8) is 0 Å². The molecular weight excluding hydrogens is 240 g/mol. The zero-order valence-corrected chi connectivity index (χ0v) is 10.4. The average molecular weight is 256 g/mol. The SMILES string of the molecule is Oc1ccccc1.Oc1ccccc1.c1ccoc1. The summed E-state index contributed by atoms with van der Waals surface area (Å²) < 4.78 is 4.58. The molecule has 0 spiro atoms. The molecule has 2 aromatic carbocycles. The minimum Gasteiger partial charge on any atom is -0.508 e. The second-order valence-electron chi connectivity index (χ2n) is 3.46. The maximum atomic E-state index is 8.63. The summed E-state index contributed by atoms with van der Waals surface area (Å²) in [5.74, 6) is 0.644. The maximum absolute atomic E-state index is 8.63. The van der Waals surface area contributed by atoms with Gasteiger partial charge in [-0.15, -0.1) is 0 Å². The number of rotatable bonds is 0. The van der Waals surface area contributed by atoms with Gasteiger partial charge in [0.25, 0.3) is 0 Å². The number of para-hydroxylation sites is 2. The van der Waals surface area contributed by atoms with Crippen LogP contribution in [0.25, 0.3) is 0 Å². The summed E-state index contributed by atoms with van der Waals surface area (Å²) in [6.07, 6.45) is 3.25. The van der Waals surface area contributed by atoms with Crippen LogP contribution in [0.5, 0.6) is 11.5 Å². The minimum atomic E-state index is 0.322. The Kier molecular flexibility index (Phi) is 7.08. The molecule has 3 rings (SSSR count). The molecular formula is C16H16O3. The summed E-state index contributed by atoms with van der Waals surface area (Å²) >= 11 is 0. The first kappa shape index (κ1) is 14.4. The van der Waals surface area contributed by atoms with Gasteiger partial charge in [-0.2, -0.15) is 0 Å². The Morgan fingerprint density at radius 1 is 0.526 bits per heavy atom. The summed E-state index contributed by atoms with van der Waals surface area (Å²) in [6, 6.07) is 21.1. The molecule has 0 aliphatic carbocycles. The van der Waals surface area contributed by atoms with Crippen molar-refractivity contribution < 1.29 is 14.6 Å². The van der Waals surface area contributed by atoms with E-state index in [9.17, 15) is 0 Å². The molecule has 0 saturated carbocycles. The second kappa shape index (κ2) is 9.36. The monoisotopic (exact) mass is 256 g/mol. The third kappa shape index (κ3) is 8.10. The van der Waals surface area contributed by atoms with E-state index in [2.05, 4.69) is 4.42 Å². The average Bonchev–Trinajstić information content (AvgIpc) is 3.00. The van der Waals surface area contributed by atoms with Gasteiger partial charge >= 0.3 is 0 Å². The van der Waals surface area contributed by atoms with Crippen LogP contribution in [0.4, 0.5) is 0 Å². The maximum Gasteiger partial charge on any atom is 0.115 e. The third-order valence-corrected chi connectivity index (χ3v) is 1.94. The molecule has 0 atom stereocenters. The predicted octanol–water partition coefficient (Wildman–Crippen LogP) is 4.06. The third-order valence-electron chi connectivity index (χ3n) is 1.94. The fraction of sp³-hybridized carbons (Fsp3) is 0. The van der Waals surface area contributed by atoms with Crippen molar-refractivity contribution in [3.05, 3.63) is 85.3 Å². The highest BCUT2D eigenvalue weighted by atomic mass is 16.3. The van der Waals surface area contributed by atoms with Crippen LogP contribution in [-0.4, -0.2) is 10.2 Å². The Bertz CT molecular complexity index is 449. The Hall–Kier alpha value is -2.68. The zero-order valence-electron chi connectivity index (χ0n) is 10.4. The fourth-order valence-corrected chi connectivity index (χ4v) is 1.08. The van der Waals surface area contributed by atoms with E-state index in [0.29, 0.717) is 11.5 Å². The lowest BCUT2D eigenvalue weighted by atomic mass is 10.3. The summed E-state index contributed by atoms with van der Waals surface area (Å²) in [6.45, 7) is 0. The van der Waals surface area contributed by atoms with E-state index < -0.39 is 0 Å². The highest BCUT2D eigenvalue weighted by molar-refractivity contribution is 5.19. The first-order valence-electron chi connectivity index (χ1n) is 5.74. The van der Waals surface area contributed by atoms with E-state index >= 15 is 0 Å². The highest BCUT2D eigenvalue weighted by Crippen LogP contribution is 2.03. The molecule has 0 fully saturated rings. The van der Waals surface area contributed by atoms with Crippen LogP contribution < -0.4 is 0 Å². The summed E-state index contributed by atoms with van der Waals surface area (Å²) in [5.41, 5.74) is 0.